The van der Waals surface area contributed by atoms with E-state index in [2.05, 4.69) is 14.3 Å². The zero-order valence-electron chi connectivity index (χ0n) is 17.2. The molecule has 0 aliphatic carbocycles. The molecule has 162 valence electrons. The number of anilines is 2. The van der Waals surface area contributed by atoms with Gasteiger partial charge in [0.05, 0.1) is 6.54 Å². The number of hydrogen-bond acceptors (Lipinski definition) is 6. The first-order valence-corrected chi connectivity index (χ1v) is 11.6. The van der Waals surface area contributed by atoms with Gasteiger partial charge in [0.25, 0.3) is 0 Å². The summed E-state index contributed by atoms with van der Waals surface area (Å²) in [5, 5.41) is 2.18. The van der Waals surface area contributed by atoms with Crippen molar-refractivity contribution in [2.45, 2.75) is 6.42 Å². The molecule has 0 radical (unpaired) electrons. The lowest BCUT2D eigenvalue weighted by Gasteiger charge is -2.36. The van der Waals surface area contributed by atoms with E-state index in [1.165, 1.54) is 11.5 Å². The number of carbonyl (C=O) groups excluding carboxylic acids is 1. The highest BCUT2D eigenvalue weighted by atomic mass is 35.5. The van der Waals surface area contributed by atoms with E-state index in [-0.39, 0.29) is 12.5 Å². The summed E-state index contributed by atoms with van der Waals surface area (Å²) in [5.41, 5.74) is 2.20. The third-order valence-corrected chi connectivity index (χ3v) is 6.59. The van der Waals surface area contributed by atoms with Crippen molar-refractivity contribution in [2.75, 3.05) is 49.6 Å². The van der Waals surface area contributed by atoms with Gasteiger partial charge in [0.15, 0.2) is 0 Å². The second kappa shape index (κ2) is 9.85. The van der Waals surface area contributed by atoms with Crippen molar-refractivity contribution in [2.24, 2.45) is 0 Å². The fourth-order valence-corrected chi connectivity index (χ4v) is 4.47. The van der Waals surface area contributed by atoms with Crippen molar-refractivity contribution in [3.05, 3.63) is 70.0 Å². The van der Waals surface area contributed by atoms with Crippen LogP contribution >= 0.6 is 34.7 Å². The molecule has 6 nitrogen and oxygen atoms in total. The fraction of sp³-hybridized carbons (Fsp3) is 0.318. The van der Waals surface area contributed by atoms with Gasteiger partial charge >= 0.3 is 0 Å². The first kappa shape index (κ1) is 21.9. The largest absolute Gasteiger partial charge is 0.368 e. The number of piperazine rings is 1. The maximum atomic E-state index is 12.8. The van der Waals surface area contributed by atoms with Crippen LogP contribution in [0.1, 0.15) is 11.4 Å². The normalized spacial score (nSPS) is 14.0. The molecular weight excluding hydrogens is 453 g/mol. The summed E-state index contributed by atoms with van der Waals surface area (Å²) in [6.45, 7) is 3.25. The van der Waals surface area contributed by atoms with Gasteiger partial charge in [-0.1, -0.05) is 41.4 Å². The van der Waals surface area contributed by atoms with Gasteiger partial charge in [-0.15, -0.1) is 0 Å². The Kier molecular flexibility index (Phi) is 6.95. The molecule has 1 saturated heterocycles. The van der Waals surface area contributed by atoms with Gasteiger partial charge in [-0.2, -0.15) is 4.37 Å². The number of hydrogen-bond donors (Lipinski definition) is 0. The lowest BCUT2D eigenvalue weighted by molar-refractivity contribution is -0.129. The summed E-state index contributed by atoms with van der Waals surface area (Å²) < 4.78 is 4.44. The number of amides is 1. The fourth-order valence-electron chi connectivity index (χ4n) is 3.51. The minimum atomic E-state index is 0.0997. The van der Waals surface area contributed by atoms with Crippen LogP contribution < -0.4 is 9.80 Å². The molecule has 1 fully saturated rings. The van der Waals surface area contributed by atoms with E-state index in [0.29, 0.717) is 24.5 Å². The Morgan fingerprint density at radius 1 is 1.06 bits per heavy atom. The van der Waals surface area contributed by atoms with E-state index in [1.807, 2.05) is 65.4 Å². The van der Waals surface area contributed by atoms with Crippen molar-refractivity contribution in [1.82, 2.24) is 14.3 Å². The summed E-state index contributed by atoms with van der Waals surface area (Å²) >= 11 is 13.4. The first-order chi connectivity index (χ1) is 15.0. The highest BCUT2D eigenvalue weighted by Gasteiger charge is 2.23. The van der Waals surface area contributed by atoms with Gasteiger partial charge in [-0.05, 0) is 35.9 Å². The Morgan fingerprint density at radius 2 is 1.81 bits per heavy atom. The SMILES string of the molecule is CN(CC(=O)N1CCN(c2cccc(Cl)c2)CC1)c1nc(Cc2ccc(Cl)cc2)ns1. The molecule has 0 atom stereocenters. The van der Waals surface area contributed by atoms with Crippen LogP contribution in [0.3, 0.4) is 0 Å². The van der Waals surface area contributed by atoms with Crippen molar-refractivity contribution >= 4 is 51.5 Å². The van der Waals surface area contributed by atoms with Gasteiger partial charge < -0.3 is 14.7 Å². The molecule has 0 N–H and O–H groups in total. The van der Waals surface area contributed by atoms with Crippen LogP contribution in [0.5, 0.6) is 0 Å². The molecule has 3 aromatic rings. The van der Waals surface area contributed by atoms with Crippen molar-refractivity contribution < 1.29 is 4.79 Å². The maximum absolute atomic E-state index is 12.8. The molecule has 1 aliphatic rings. The van der Waals surface area contributed by atoms with E-state index >= 15 is 0 Å². The summed E-state index contributed by atoms with van der Waals surface area (Å²) in [7, 11) is 1.88. The molecule has 0 spiro atoms. The van der Waals surface area contributed by atoms with E-state index in [0.717, 1.165) is 40.3 Å². The molecule has 2 aromatic carbocycles. The van der Waals surface area contributed by atoms with Crippen molar-refractivity contribution in [3.8, 4) is 0 Å². The molecule has 31 heavy (non-hydrogen) atoms. The Labute approximate surface area is 196 Å². The number of nitrogens with zero attached hydrogens (tertiary/aromatic N) is 5. The molecule has 0 bridgehead atoms. The van der Waals surface area contributed by atoms with Crippen molar-refractivity contribution in [3.63, 3.8) is 0 Å². The number of halogens is 2. The lowest BCUT2D eigenvalue weighted by atomic mass is 10.1. The number of carbonyl (C=O) groups is 1. The Balaban J connectivity index is 1.29. The topological polar surface area (TPSA) is 52.6 Å². The van der Waals surface area contributed by atoms with Crippen LogP contribution in [-0.2, 0) is 11.2 Å². The number of rotatable bonds is 6. The standard InChI is InChI=1S/C22H23Cl2N5OS/c1-27(22-25-20(26-31-22)13-16-5-7-17(23)8-6-16)15-21(30)29-11-9-28(10-12-29)19-4-2-3-18(24)14-19/h2-8,14H,9-13,15H2,1H3. The van der Waals surface area contributed by atoms with Gasteiger partial charge in [0, 0.05) is 66.9 Å². The maximum Gasteiger partial charge on any atom is 0.242 e. The summed E-state index contributed by atoms with van der Waals surface area (Å²) in [4.78, 5) is 23.4. The summed E-state index contributed by atoms with van der Waals surface area (Å²) in [6.07, 6.45) is 0.640. The van der Waals surface area contributed by atoms with E-state index in [1.54, 1.807) is 0 Å². The molecule has 9 heteroatoms. The minimum absolute atomic E-state index is 0.0997. The van der Waals surface area contributed by atoms with Gasteiger partial charge in [-0.25, -0.2) is 4.98 Å². The predicted molar refractivity (Wildman–Crippen MR) is 128 cm³/mol. The third kappa shape index (κ3) is 5.67. The average molecular weight is 476 g/mol. The van der Waals surface area contributed by atoms with Crippen LogP contribution in [0, 0.1) is 0 Å². The summed E-state index contributed by atoms with van der Waals surface area (Å²) in [6, 6.07) is 15.5. The predicted octanol–water partition coefficient (Wildman–Crippen LogP) is 4.22. The second-order valence-corrected chi connectivity index (χ2v) is 9.10. The minimum Gasteiger partial charge on any atom is -0.368 e. The molecule has 1 aromatic heterocycles. The number of likely N-dealkylation sites (N-methyl/N-ethyl adjacent to an activating group) is 1. The van der Waals surface area contributed by atoms with Crippen molar-refractivity contribution in [1.29, 1.82) is 0 Å². The lowest BCUT2D eigenvalue weighted by Crippen LogP contribution is -2.51. The molecule has 1 aliphatic heterocycles. The Morgan fingerprint density at radius 3 is 2.52 bits per heavy atom. The summed E-state index contributed by atoms with van der Waals surface area (Å²) in [5.74, 6) is 0.847. The zero-order chi connectivity index (χ0) is 21.8. The van der Waals surface area contributed by atoms with E-state index < -0.39 is 0 Å². The molecule has 4 rings (SSSR count). The molecule has 0 saturated carbocycles. The van der Waals surface area contributed by atoms with Crippen LogP contribution in [-0.4, -0.2) is 59.9 Å². The Bertz CT molecular complexity index is 1030. The smallest absolute Gasteiger partial charge is 0.242 e. The van der Waals surface area contributed by atoms with Crippen LogP contribution in [0.25, 0.3) is 0 Å². The van der Waals surface area contributed by atoms with Crippen LogP contribution in [0.15, 0.2) is 48.5 Å². The number of aromatic nitrogens is 2. The highest BCUT2D eigenvalue weighted by molar-refractivity contribution is 7.09. The quantitative estimate of drug-likeness (QED) is 0.533. The number of benzene rings is 2. The molecule has 1 amide bonds. The third-order valence-electron chi connectivity index (χ3n) is 5.24. The Hall–Kier alpha value is -2.35. The average Bonchev–Trinajstić information content (AvgIpc) is 3.24. The monoisotopic (exact) mass is 475 g/mol. The van der Waals surface area contributed by atoms with Crippen LogP contribution in [0.4, 0.5) is 10.8 Å². The highest BCUT2D eigenvalue weighted by Crippen LogP contribution is 2.22. The van der Waals surface area contributed by atoms with Crippen LogP contribution in [0.2, 0.25) is 10.0 Å². The first-order valence-electron chi connectivity index (χ1n) is 10.0. The molecular formula is C22H23Cl2N5OS. The van der Waals surface area contributed by atoms with E-state index in [9.17, 15) is 4.79 Å². The van der Waals surface area contributed by atoms with E-state index in [4.69, 9.17) is 23.2 Å². The molecule has 2 heterocycles. The van der Waals surface area contributed by atoms with Gasteiger partial charge in [0.2, 0.25) is 11.0 Å². The van der Waals surface area contributed by atoms with Gasteiger partial charge in [-0.3, -0.25) is 4.79 Å². The zero-order valence-corrected chi connectivity index (χ0v) is 19.5. The second-order valence-electron chi connectivity index (χ2n) is 7.50. The van der Waals surface area contributed by atoms with Gasteiger partial charge in [0.1, 0.15) is 5.82 Å². The molecule has 0 unspecified atom stereocenters.